The lowest BCUT2D eigenvalue weighted by Gasteiger charge is -2.18. The molecule has 0 bridgehead atoms. The topological polar surface area (TPSA) is 62.3 Å². The molecule has 10 heteroatoms. The minimum atomic E-state index is -4.47. The molecule has 1 atom stereocenters. The van der Waals surface area contributed by atoms with E-state index in [0.29, 0.717) is 10.6 Å². The zero-order valence-electron chi connectivity index (χ0n) is 14.2. The van der Waals surface area contributed by atoms with Crippen molar-refractivity contribution in [2.24, 2.45) is 5.92 Å². The number of carbonyl (C=O) groups excluding carboxylic acids is 2. The van der Waals surface area contributed by atoms with Gasteiger partial charge in [0.25, 0.3) is 0 Å². The van der Waals surface area contributed by atoms with Crippen molar-refractivity contribution in [3.8, 4) is 0 Å². The molecule has 0 aliphatic carbocycles. The molecule has 1 saturated heterocycles. The Morgan fingerprint density at radius 2 is 2.07 bits per heavy atom. The molecule has 0 spiro atoms. The van der Waals surface area contributed by atoms with Crippen molar-refractivity contribution in [3.63, 3.8) is 0 Å². The summed E-state index contributed by atoms with van der Waals surface area (Å²) in [6, 6.07) is 7.08. The number of aromatic nitrogens is 1. The molecule has 1 aromatic heterocycles. The Bertz CT molecular complexity index is 837. The summed E-state index contributed by atoms with van der Waals surface area (Å²) in [5.74, 6) is -1.89. The average Bonchev–Trinajstić information content (AvgIpc) is 3.14. The number of rotatable bonds is 5. The first-order valence-electron chi connectivity index (χ1n) is 8.05. The molecule has 5 nitrogen and oxygen atoms in total. The summed E-state index contributed by atoms with van der Waals surface area (Å²) in [6.07, 6.45) is -4.68. The normalized spacial score (nSPS) is 17.4. The van der Waals surface area contributed by atoms with Crippen LogP contribution in [0, 0.1) is 12.8 Å². The van der Waals surface area contributed by atoms with Crippen molar-refractivity contribution < 1.29 is 22.8 Å². The zero-order valence-corrected chi connectivity index (χ0v) is 15.9. The summed E-state index contributed by atoms with van der Waals surface area (Å²) >= 11 is 3.05. The molecule has 1 fully saturated rings. The molecule has 27 heavy (non-hydrogen) atoms. The molecular formula is C17H16F3N3O2S2. The highest BCUT2D eigenvalue weighted by Gasteiger charge is 2.40. The highest BCUT2D eigenvalue weighted by atomic mass is 32.2. The lowest BCUT2D eigenvalue weighted by atomic mass is 10.1. The number of halogens is 3. The maximum atomic E-state index is 12.5. The number of thiazole rings is 1. The maximum absolute atomic E-state index is 12.5. The van der Waals surface area contributed by atoms with Gasteiger partial charge in [-0.1, -0.05) is 11.8 Å². The first-order valence-corrected chi connectivity index (χ1v) is 9.75. The lowest BCUT2D eigenvalue weighted by Crippen LogP contribution is -2.36. The number of hydrogen-bond donors (Lipinski definition) is 1. The van der Waals surface area contributed by atoms with E-state index in [9.17, 15) is 22.8 Å². The van der Waals surface area contributed by atoms with Crippen LogP contribution in [0.5, 0.6) is 0 Å². The van der Waals surface area contributed by atoms with Crippen LogP contribution >= 0.6 is 23.1 Å². The van der Waals surface area contributed by atoms with Gasteiger partial charge in [0, 0.05) is 34.6 Å². The molecule has 0 saturated carbocycles. The predicted molar refractivity (Wildman–Crippen MR) is 96.8 cm³/mol. The number of aryl methyl sites for hydroxylation is 1. The SMILES string of the molecule is Cc1csc(Sc2ccc(NC(=O)C3CC(=O)N(CC(F)(F)F)C3)cc2)n1. The van der Waals surface area contributed by atoms with Crippen LogP contribution < -0.4 is 5.32 Å². The first-order chi connectivity index (χ1) is 12.7. The van der Waals surface area contributed by atoms with Gasteiger partial charge in [0.15, 0.2) is 4.34 Å². The molecule has 1 aliphatic rings. The van der Waals surface area contributed by atoms with Crippen LogP contribution in [0.4, 0.5) is 18.9 Å². The molecular weight excluding hydrogens is 399 g/mol. The van der Waals surface area contributed by atoms with E-state index in [2.05, 4.69) is 10.3 Å². The third kappa shape index (κ3) is 5.46. The fourth-order valence-electron chi connectivity index (χ4n) is 2.65. The van der Waals surface area contributed by atoms with Crippen LogP contribution in [0.1, 0.15) is 12.1 Å². The van der Waals surface area contributed by atoms with Crippen molar-refractivity contribution in [2.45, 2.75) is 28.8 Å². The fraction of sp³-hybridized carbons (Fsp3) is 0.353. The monoisotopic (exact) mass is 415 g/mol. The summed E-state index contributed by atoms with van der Waals surface area (Å²) < 4.78 is 38.3. The van der Waals surface area contributed by atoms with Gasteiger partial charge in [0.05, 0.1) is 5.92 Å². The van der Waals surface area contributed by atoms with E-state index in [1.807, 2.05) is 24.4 Å². The molecule has 1 aliphatic heterocycles. The Kier molecular flexibility index (Phi) is 5.75. The Balaban J connectivity index is 1.56. The number of amides is 2. The standard InChI is InChI=1S/C17H16F3N3O2S2/c1-10-8-26-16(21-10)27-13-4-2-12(3-5-13)22-15(25)11-6-14(24)23(7-11)9-17(18,19)20/h2-5,8,11H,6-7,9H2,1H3,(H,22,25). The second kappa shape index (κ2) is 7.89. The number of hydrogen-bond acceptors (Lipinski definition) is 5. The van der Waals surface area contributed by atoms with Crippen LogP contribution in [-0.4, -0.2) is 41.0 Å². The summed E-state index contributed by atoms with van der Waals surface area (Å²) in [5.41, 5.74) is 1.48. The average molecular weight is 415 g/mol. The summed E-state index contributed by atoms with van der Waals surface area (Å²) in [4.78, 5) is 29.9. The van der Waals surface area contributed by atoms with E-state index in [4.69, 9.17) is 0 Å². The largest absolute Gasteiger partial charge is 0.406 e. The van der Waals surface area contributed by atoms with Crippen LogP contribution in [0.2, 0.25) is 0 Å². The smallest absolute Gasteiger partial charge is 0.333 e. The maximum Gasteiger partial charge on any atom is 0.406 e. The van der Waals surface area contributed by atoms with Gasteiger partial charge in [-0.2, -0.15) is 13.2 Å². The van der Waals surface area contributed by atoms with E-state index in [0.717, 1.165) is 14.9 Å². The molecule has 0 radical (unpaired) electrons. The van der Waals surface area contributed by atoms with Crippen LogP contribution in [0.15, 0.2) is 38.9 Å². The van der Waals surface area contributed by atoms with E-state index in [-0.39, 0.29) is 13.0 Å². The van der Waals surface area contributed by atoms with Gasteiger partial charge >= 0.3 is 6.18 Å². The Morgan fingerprint density at radius 1 is 1.37 bits per heavy atom. The summed E-state index contributed by atoms with van der Waals surface area (Å²) in [5, 5.41) is 4.62. The van der Waals surface area contributed by atoms with E-state index >= 15 is 0 Å². The van der Waals surface area contributed by atoms with Crippen LogP contribution in [0.25, 0.3) is 0 Å². The quantitative estimate of drug-likeness (QED) is 0.803. The number of likely N-dealkylation sites (tertiary alicyclic amines) is 1. The van der Waals surface area contributed by atoms with Gasteiger partial charge in [0.2, 0.25) is 11.8 Å². The van der Waals surface area contributed by atoms with Crippen molar-refractivity contribution in [3.05, 3.63) is 35.3 Å². The number of alkyl halides is 3. The van der Waals surface area contributed by atoms with Gasteiger partial charge in [-0.15, -0.1) is 11.3 Å². The number of carbonyl (C=O) groups is 2. The fourth-order valence-corrected chi connectivity index (χ4v) is 4.46. The van der Waals surface area contributed by atoms with Crippen LogP contribution in [0.3, 0.4) is 0 Å². The number of nitrogens with zero attached hydrogens (tertiary/aromatic N) is 2. The Hall–Kier alpha value is -2.07. The molecule has 1 N–H and O–H groups in total. The van der Waals surface area contributed by atoms with Crippen LogP contribution in [-0.2, 0) is 9.59 Å². The first kappa shape index (κ1) is 19.7. The minimum absolute atomic E-state index is 0.209. The van der Waals surface area contributed by atoms with Gasteiger partial charge in [0.1, 0.15) is 6.54 Å². The van der Waals surface area contributed by atoms with Gasteiger partial charge in [-0.05, 0) is 31.2 Å². The number of benzene rings is 1. The minimum Gasteiger partial charge on any atom is -0.333 e. The molecule has 144 valence electrons. The van der Waals surface area contributed by atoms with E-state index in [1.165, 1.54) is 11.8 Å². The second-order valence-corrected chi connectivity index (χ2v) is 8.34. The van der Waals surface area contributed by atoms with Crippen molar-refractivity contribution in [1.29, 1.82) is 0 Å². The van der Waals surface area contributed by atoms with Crippen molar-refractivity contribution in [2.75, 3.05) is 18.4 Å². The summed E-state index contributed by atoms with van der Waals surface area (Å²) in [7, 11) is 0. The molecule has 1 aromatic carbocycles. The zero-order chi connectivity index (χ0) is 19.6. The Morgan fingerprint density at radius 3 is 2.67 bits per heavy atom. The number of anilines is 1. The highest BCUT2D eigenvalue weighted by molar-refractivity contribution is 8.01. The Labute approximate surface area is 162 Å². The van der Waals surface area contributed by atoms with Gasteiger partial charge in [-0.3, -0.25) is 9.59 Å². The third-order valence-corrected chi connectivity index (χ3v) is 5.94. The van der Waals surface area contributed by atoms with E-state index < -0.39 is 30.5 Å². The molecule has 2 amide bonds. The molecule has 1 unspecified atom stereocenters. The molecule has 2 heterocycles. The predicted octanol–water partition coefficient (Wildman–Crippen LogP) is 3.95. The lowest BCUT2D eigenvalue weighted by molar-refractivity contribution is -0.157. The molecule has 2 aromatic rings. The molecule has 3 rings (SSSR count). The highest BCUT2D eigenvalue weighted by Crippen LogP contribution is 2.31. The number of nitrogens with one attached hydrogen (secondary N) is 1. The second-order valence-electron chi connectivity index (χ2n) is 6.16. The third-order valence-electron chi connectivity index (χ3n) is 3.88. The van der Waals surface area contributed by atoms with Crippen molar-refractivity contribution >= 4 is 40.6 Å². The van der Waals surface area contributed by atoms with E-state index in [1.54, 1.807) is 23.5 Å². The van der Waals surface area contributed by atoms with Gasteiger partial charge < -0.3 is 10.2 Å². The summed E-state index contributed by atoms with van der Waals surface area (Å²) in [6.45, 7) is 0.377. The van der Waals surface area contributed by atoms with Crippen molar-refractivity contribution in [1.82, 2.24) is 9.88 Å². The van der Waals surface area contributed by atoms with Gasteiger partial charge in [-0.25, -0.2) is 4.98 Å².